The van der Waals surface area contributed by atoms with Gasteiger partial charge in [-0.2, -0.15) is 0 Å². The van der Waals surface area contributed by atoms with E-state index in [1.807, 2.05) is 54.6 Å². The minimum atomic E-state index is 0.472. The highest BCUT2D eigenvalue weighted by molar-refractivity contribution is 5.47. The van der Waals surface area contributed by atoms with Gasteiger partial charge < -0.3 is 15.8 Å². The second kappa shape index (κ2) is 6.81. The Morgan fingerprint density at radius 3 is 2.26 bits per heavy atom. The third-order valence-electron chi connectivity index (χ3n) is 2.89. The molecule has 0 saturated heterocycles. The van der Waals surface area contributed by atoms with E-state index in [-0.39, 0.29) is 0 Å². The number of benzene rings is 2. The van der Waals surface area contributed by atoms with Gasteiger partial charge in [-0.25, -0.2) is 0 Å². The third-order valence-corrected chi connectivity index (χ3v) is 2.89. The van der Waals surface area contributed by atoms with Crippen LogP contribution < -0.4 is 15.8 Å². The van der Waals surface area contributed by atoms with Gasteiger partial charge in [-0.15, -0.1) is 0 Å². The molecular formula is C16H20N2O. The lowest BCUT2D eigenvalue weighted by molar-refractivity contribution is 0.483. The number of para-hydroxylation sites is 1. The fourth-order valence-corrected chi connectivity index (χ4v) is 1.64. The largest absolute Gasteiger partial charge is 0.457 e. The van der Waals surface area contributed by atoms with Crippen molar-refractivity contribution < 1.29 is 4.74 Å². The van der Waals surface area contributed by atoms with Gasteiger partial charge in [-0.1, -0.05) is 25.1 Å². The average Bonchev–Trinajstić information content (AvgIpc) is 2.47. The second-order valence-electron chi connectivity index (χ2n) is 4.66. The summed E-state index contributed by atoms with van der Waals surface area (Å²) in [6.45, 7) is 3.71. The number of hydrogen-bond donors (Lipinski definition) is 2. The van der Waals surface area contributed by atoms with Gasteiger partial charge >= 0.3 is 0 Å². The van der Waals surface area contributed by atoms with Crippen LogP contribution in [0.4, 0.5) is 5.69 Å². The van der Waals surface area contributed by atoms with Crippen LogP contribution in [-0.4, -0.2) is 13.1 Å². The third kappa shape index (κ3) is 4.30. The van der Waals surface area contributed by atoms with Crippen molar-refractivity contribution >= 4 is 5.69 Å². The van der Waals surface area contributed by atoms with Crippen LogP contribution in [0.1, 0.15) is 6.92 Å². The van der Waals surface area contributed by atoms with Crippen molar-refractivity contribution in [1.82, 2.24) is 0 Å². The molecule has 2 aromatic rings. The molecule has 0 amide bonds. The molecule has 0 aliphatic rings. The summed E-state index contributed by atoms with van der Waals surface area (Å²) in [6, 6.07) is 17.7. The number of anilines is 1. The molecule has 0 bridgehead atoms. The van der Waals surface area contributed by atoms with Crippen molar-refractivity contribution in [2.45, 2.75) is 6.92 Å². The van der Waals surface area contributed by atoms with E-state index < -0.39 is 0 Å². The molecule has 1 atom stereocenters. The summed E-state index contributed by atoms with van der Waals surface area (Å²) in [7, 11) is 0. The molecule has 0 aromatic heterocycles. The maximum atomic E-state index is 5.73. The van der Waals surface area contributed by atoms with Gasteiger partial charge in [-0.3, -0.25) is 0 Å². The van der Waals surface area contributed by atoms with Crippen LogP contribution in [0.15, 0.2) is 54.6 Å². The molecule has 0 aliphatic heterocycles. The van der Waals surface area contributed by atoms with Crippen LogP contribution >= 0.6 is 0 Å². The Morgan fingerprint density at radius 1 is 1.00 bits per heavy atom. The molecule has 0 saturated carbocycles. The fourth-order valence-electron chi connectivity index (χ4n) is 1.64. The van der Waals surface area contributed by atoms with Crippen LogP contribution in [-0.2, 0) is 0 Å². The molecule has 3 nitrogen and oxygen atoms in total. The lowest BCUT2D eigenvalue weighted by atomic mass is 10.2. The molecule has 1 unspecified atom stereocenters. The lowest BCUT2D eigenvalue weighted by Gasteiger charge is -2.12. The summed E-state index contributed by atoms with van der Waals surface area (Å²) < 4.78 is 5.73. The molecule has 0 spiro atoms. The Balaban J connectivity index is 1.91. The normalized spacial score (nSPS) is 11.9. The maximum absolute atomic E-state index is 5.73. The van der Waals surface area contributed by atoms with Crippen molar-refractivity contribution in [2.75, 3.05) is 18.4 Å². The van der Waals surface area contributed by atoms with E-state index in [0.29, 0.717) is 12.5 Å². The minimum absolute atomic E-state index is 0.472. The molecule has 2 rings (SSSR count). The number of hydrogen-bond acceptors (Lipinski definition) is 3. The molecule has 100 valence electrons. The topological polar surface area (TPSA) is 47.3 Å². The summed E-state index contributed by atoms with van der Waals surface area (Å²) in [5.74, 6) is 2.16. The molecule has 0 fully saturated rings. The van der Waals surface area contributed by atoms with Gasteiger partial charge in [0.2, 0.25) is 0 Å². The highest BCUT2D eigenvalue weighted by Crippen LogP contribution is 2.22. The van der Waals surface area contributed by atoms with Gasteiger partial charge in [0, 0.05) is 12.2 Å². The molecule has 3 N–H and O–H groups in total. The van der Waals surface area contributed by atoms with Crippen molar-refractivity contribution in [2.24, 2.45) is 11.7 Å². The van der Waals surface area contributed by atoms with Crippen LogP contribution in [0.2, 0.25) is 0 Å². The van der Waals surface area contributed by atoms with Crippen molar-refractivity contribution in [3.63, 3.8) is 0 Å². The zero-order valence-electron chi connectivity index (χ0n) is 11.2. The van der Waals surface area contributed by atoms with E-state index in [1.54, 1.807) is 0 Å². The van der Waals surface area contributed by atoms with Crippen LogP contribution in [0.3, 0.4) is 0 Å². The van der Waals surface area contributed by atoms with E-state index in [4.69, 9.17) is 10.5 Å². The molecular weight excluding hydrogens is 236 g/mol. The van der Waals surface area contributed by atoms with Crippen LogP contribution in [0.5, 0.6) is 11.5 Å². The van der Waals surface area contributed by atoms with E-state index >= 15 is 0 Å². The van der Waals surface area contributed by atoms with Gasteiger partial charge in [0.1, 0.15) is 11.5 Å². The average molecular weight is 256 g/mol. The first-order valence-corrected chi connectivity index (χ1v) is 6.55. The molecule has 2 aromatic carbocycles. The second-order valence-corrected chi connectivity index (χ2v) is 4.66. The van der Waals surface area contributed by atoms with Crippen molar-refractivity contribution in [1.29, 1.82) is 0 Å². The number of rotatable bonds is 6. The number of nitrogens with one attached hydrogen (secondary N) is 1. The zero-order valence-corrected chi connectivity index (χ0v) is 11.2. The van der Waals surface area contributed by atoms with Gasteiger partial charge in [0.05, 0.1) is 0 Å². The number of ether oxygens (including phenoxy) is 1. The molecule has 19 heavy (non-hydrogen) atoms. The summed E-state index contributed by atoms with van der Waals surface area (Å²) in [5, 5.41) is 3.35. The van der Waals surface area contributed by atoms with Gasteiger partial charge in [0.25, 0.3) is 0 Å². The van der Waals surface area contributed by atoms with Gasteiger partial charge in [-0.05, 0) is 48.9 Å². The quantitative estimate of drug-likeness (QED) is 0.831. The van der Waals surface area contributed by atoms with E-state index in [9.17, 15) is 0 Å². The van der Waals surface area contributed by atoms with Crippen LogP contribution in [0, 0.1) is 5.92 Å². The standard InChI is InChI=1S/C16H20N2O/c1-13(11-17)12-18-14-7-9-16(10-8-14)19-15-5-3-2-4-6-15/h2-10,13,18H,11-12,17H2,1H3. The summed E-state index contributed by atoms with van der Waals surface area (Å²) >= 11 is 0. The molecule has 0 heterocycles. The smallest absolute Gasteiger partial charge is 0.127 e. The zero-order chi connectivity index (χ0) is 13.5. The summed E-state index contributed by atoms with van der Waals surface area (Å²) in [6.07, 6.45) is 0. The van der Waals surface area contributed by atoms with Crippen LogP contribution in [0.25, 0.3) is 0 Å². The molecule has 0 aliphatic carbocycles. The Labute approximate surface area is 114 Å². The van der Waals surface area contributed by atoms with E-state index in [0.717, 1.165) is 23.7 Å². The van der Waals surface area contributed by atoms with E-state index in [1.165, 1.54) is 0 Å². The van der Waals surface area contributed by atoms with E-state index in [2.05, 4.69) is 12.2 Å². The Morgan fingerprint density at radius 2 is 1.63 bits per heavy atom. The Bertz CT molecular complexity index is 482. The first kappa shape index (κ1) is 13.4. The highest BCUT2D eigenvalue weighted by Gasteiger charge is 2.00. The van der Waals surface area contributed by atoms with Gasteiger partial charge in [0.15, 0.2) is 0 Å². The Hall–Kier alpha value is -2.00. The minimum Gasteiger partial charge on any atom is -0.457 e. The number of nitrogens with two attached hydrogens (primary N) is 1. The van der Waals surface area contributed by atoms with Crippen molar-refractivity contribution in [3.8, 4) is 11.5 Å². The lowest BCUT2D eigenvalue weighted by Crippen LogP contribution is -2.19. The predicted octanol–water partition coefficient (Wildman–Crippen LogP) is 3.49. The summed E-state index contributed by atoms with van der Waals surface area (Å²) in [5.41, 5.74) is 6.67. The monoisotopic (exact) mass is 256 g/mol. The predicted molar refractivity (Wildman–Crippen MR) is 79.7 cm³/mol. The maximum Gasteiger partial charge on any atom is 0.127 e. The Kier molecular flexibility index (Phi) is 4.81. The molecule has 0 radical (unpaired) electrons. The highest BCUT2D eigenvalue weighted by atomic mass is 16.5. The first-order valence-electron chi connectivity index (χ1n) is 6.55. The van der Waals surface area contributed by atoms with Crippen molar-refractivity contribution in [3.05, 3.63) is 54.6 Å². The summed E-state index contributed by atoms with van der Waals surface area (Å²) in [4.78, 5) is 0. The fraction of sp³-hybridized carbons (Fsp3) is 0.250. The first-order chi connectivity index (χ1) is 9.28. The molecule has 3 heteroatoms. The SMILES string of the molecule is CC(CN)CNc1ccc(Oc2ccccc2)cc1.